The molecule has 102 valence electrons. The molecule has 0 bridgehead atoms. The van der Waals surface area contributed by atoms with Crippen LogP contribution in [-0.2, 0) is 9.47 Å². The quantitative estimate of drug-likeness (QED) is 0.586. The lowest BCUT2D eigenvalue weighted by Gasteiger charge is -2.37. The fourth-order valence-electron chi connectivity index (χ4n) is 1.85. The first-order valence-electron chi connectivity index (χ1n) is 6.31. The standard InChI is InChI=1S/C12H25NO4/c1-10(2)17-8-11(15)7-13-12(9-14)3-5-16-6-4-12/h10-11,13-15H,3-9H2,1-2H3. The van der Waals surface area contributed by atoms with Crippen molar-refractivity contribution in [3.63, 3.8) is 0 Å². The first-order chi connectivity index (χ1) is 8.08. The van der Waals surface area contributed by atoms with Crippen molar-refractivity contribution in [1.82, 2.24) is 5.32 Å². The monoisotopic (exact) mass is 247 g/mol. The molecule has 1 rings (SSSR count). The Labute approximate surface area is 103 Å². The molecule has 1 fully saturated rings. The maximum atomic E-state index is 9.74. The Kier molecular flexibility index (Phi) is 6.37. The SMILES string of the molecule is CC(C)OCC(O)CNC1(CO)CCOCC1. The minimum absolute atomic E-state index is 0.0775. The maximum absolute atomic E-state index is 9.74. The Morgan fingerprint density at radius 1 is 1.35 bits per heavy atom. The first kappa shape index (κ1) is 14.9. The largest absolute Gasteiger partial charge is 0.394 e. The zero-order chi connectivity index (χ0) is 12.7. The van der Waals surface area contributed by atoms with Crippen molar-refractivity contribution in [3.8, 4) is 0 Å². The van der Waals surface area contributed by atoms with E-state index in [2.05, 4.69) is 5.32 Å². The van der Waals surface area contributed by atoms with Gasteiger partial charge >= 0.3 is 0 Å². The molecule has 0 saturated carbocycles. The normalized spacial score (nSPS) is 21.7. The van der Waals surface area contributed by atoms with Gasteiger partial charge in [0.05, 0.1) is 25.4 Å². The zero-order valence-corrected chi connectivity index (χ0v) is 10.8. The van der Waals surface area contributed by atoms with Crippen LogP contribution in [0.25, 0.3) is 0 Å². The van der Waals surface area contributed by atoms with Crippen LogP contribution in [0.1, 0.15) is 26.7 Å². The van der Waals surface area contributed by atoms with E-state index >= 15 is 0 Å². The van der Waals surface area contributed by atoms with Crippen LogP contribution in [0.2, 0.25) is 0 Å². The second-order valence-corrected chi connectivity index (χ2v) is 4.97. The van der Waals surface area contributed by atoms with Gasteiger partial charge in [-0.2, -0.15) is 0 Å². The molecule has 0 aromatic carbocycles. The highest BCUT2D eigenvalue weighted by molar-refractivity contribution is 4.90. The van der Waals surface area contributed by atoms with Gasteiger partial charge in [-0.3, -0.25) is 0 Å². The Morgan fingerprint density at radius 2 is 2.00 bits per heavy atom. The number of aliphatic hydroxyl groups is 2. The van der Waals surface area contributed by atoms with Gasteiger partial charge in [0.15, 0.2) is 0 Å². The van der Waals surface area contributed by atoms with Crippen molar-refractivity contribution in [1.29, 1.82) is 0 Å². The van der Waals surface area contributed by atoms with Gasteiger partial charge in [-0.25, -0.2) is 0 Å². The van der Waals surface area contributed by atoms with Crippen LogP contribution in [0.4, 0.5) is 0 Å². The Bertz CT molecular complexity index is 205. The van der Waals surface area contributed by atoms with E-state index in [1.165, 1.54) is 0 Å². The summed E-state index contributed by atoms with van der Waals surface area (Å²) in [4.78, 5) is 0. The summed E-state index contributed by atoms with van der Waals surface area (Å²) in [7, 11) is 0. The number of rotatable bonds is 7. The van der Waals surface area contributed by atoms with Gasteiger partial charge in [0.1, 0.15) is 0 Å². The molecule has 17 heavy (non-hydrogen) atoms. The summed E-state index contributed by atoms with van der Waals surface area (Å²) in [5.74, 6) is 0. The summed E-state index contributed by atoms with van der Waals surface area (Å²) in [5, 5.41) is 22.4. The second-order valence-electron chi connectivity index (χ2n) is 4.97. The van der Waals surface area contributed by atoms with Crippen molar-refractivity contribution in [2.45, 2.75) is 44.4 Å². The third-order valence-corrected chi connectivity index (χ3v) is 3.09. The molecular weight excluding hydrogens is 222 g/mol. The number of aliphatic hydroxyl groups excluding tert-OH is 2. The summed E-state index contributed by atoms with van der Waals surface area (Å²) in [6.45, 7) is 6.03. The predicted octanol–water partition coefficient (Wildman–Crippen LogP) is -0.0966. The Hall–Kier alpha value is -0.200. The number of hydrogen-bond donors (Lipinski definition) is 3. The summed E-state index contributed by atoms with van der Waals surface area (Å²) < 4.78 is 10.6. The van der Waals surface area contributed by atoms with Gasteiger partial charge in [-0.15, -0.1) is 0 Å². The van der Waals surface area contributed by atoms with Crippen LogP contribution in [0, 0.1) is 0 Å². The van der Waals surface area contributed by atoms with Crippen LogP contribution in [0.15, 0.2) is 0 Å². The van der Waals surface area contributed by atoms with Crippen molar-refractivity contribution >= 4 is 0 Å². The molecule has 1 aliphatic heterocycles. The highest BCUT2D eigenvalue weighted by atomic mass is 16.5. The van der Waals surface area contributed by atoms with Gasteiger partial charge in [0.25, 0.3) is 0 Å². The van der Waals surface area contributed by atoms with Crippen molar-refractivity contribution in [2.24, 2.45) is 0 Å². The molecule has 5 nitrogen and oxygen atoms in total. The number of ether oxygens (including phenoxy) is 2. The van der Waals surface area contributed by atoms with E-state index in [0.717, 1.165) is 12.8 Å². The summed E-state index contributed by atoms with van der Waals surface area (Å²) in [5.41, 5.74) is -0.295. The van der Waals surface area contributed by atoms with Crippen molar-refractivity contribution < 1.29 is 19.7 Å². The molecular formula is C12H25NO4. The van der Waals surface area contributed by atoms with E-state index in [9.17, 15) is 10.2 Å². The minimum Gasteiger partial charge on any atom is -0.394 e. The summed E-state index contributed by atoms with van der Waals surface area (Å²) in [6, 6.07) is 0. The average molecular weight is 247 g/mol. The van der Waals surface area contributed by atoms with E-state index in [1.807, 2.05) is 13.8 Å². The lowest BCUT2D eigenvalue weighted by Crippen LogP contribution is -2.54. The number of hydrogen-bond acceptors (Lipinski definition) is 5. The molecule has 5 heteroatoms. The van der Waals surface area contributed by atoms with E-state index < -0.39 is 6.10 Å². The molecule has 0 radical (unpaired) electrons. The van der Waals surface area contributed by atoms with E-state index in [1.54, 1.807) is 0 Å². The van der Waals surface area contributed by atoms with E-state index in [4.69, 9.17) is 9.47 Å². The van der Waals surface area contributed by atoms with Gasteiger partial charge in [0, 0.05) is 25.3 Å². The molecule has 3 N–H and O–H groups in total. The molecule has 1 heterocycles. The molecule has 1 atom stereocenters. The third kappa shape index (κ3) is 5.31. The molecule has 1 aliphatic rings. The Morgan fingerprint density at radius 3 is 2.53 bits per heavy atom. The summed E-state index contributed by atoms with van der Waals surface area (Å²) >= 11 is 0. The molecule has 1 unspecified atom stereocenters. The smallest absolute Gasteiger partial charge is 0.0898 e. The molecule has 0 aromatic rings. The van der Waals surface area contributed by atoms with Crippen molar-refractivity contribution in [3.05, 3.63) is 0 Å². The van der Waals surface area contributed by atoms with Crippen LogP contribution in [-0.4, -0.2) is 60.9 Å². The highest BCUT2D eigenvalue weighted by Gasteiger charge is 2.31. The van der Waals surface area contributed by atoms with Crippen LogP contribution >= 0.6 is 0 Å². The molecule has 1 saturated heterocycles. The first-order valence-corrected chi connectivity index (χ1v) is 6.31. The van der Waals surface area contributed by atoms with E-state index in [-0.39, 0.29) is 18.2 Å². The van der Waals surface area contributed by atoms with Gasteiger partial charge in [0.2, 0.25) is 0 Å². The molecule has 0 aromatic heterocycles. The maximum Gasteiger partial charge on any atom is 0.0898 e. The molecule has 0 aliphatic carbocycles. The fourth-order valence-corrected chi connectivity index (χ4v) is 1.85. The number of β-amino-alcohol motifs (C(OH)–C–C–N with tert-alkyl or cyclic N) is 1. The number of nitrogens with one attached hydrogen (secondary N) is 1. The van der Waals surface area contributed by atoms with Gasteiger partial charge in [-0.1, -0.05) is 0 Å². The van der Waals surface area contributed by atoms with Crippen LogP contribution in [0.5, 0.6) is 0 Å². The average Bonchev–Trinajstić information content (AvgIpc) is 2.35. The van der Waals surface area contributed by atoms with Crippen molar-refractivity contribution in [2.75, 3.05) is 33.0 Å². The molecule has 0 spiro atoms. The second kappa shape index (κ2) is 7.28. The van der Waals surface area contributed by atoms with Crippen LogP contribution in [0.3, 0.4) is 0 Å². The lowest BCUT2D eigenvalue weighted by molar-refractivity contribution is -0.0151. The predicted molar refractivity (Wildman–Crippen MR) is 65.0 cm³/mol. The Balaban J connectivity index is 2.26. The summed E-state index contributed by atoms with van der Waals surface area (Å²) in [6.07, 6.45) is 1.14. The molecule has 0 amide bonds. The fraction of sp³-hybridized carbons (Fsp3) is 1.00. The van der Waals surface area contributed by atoms with Gasteiger partial charge < -0.3 is 25.0 Å². The third-order valence-electron chi connectivity index (χ3n) is 3.09. The zero-order valence-electron chi connectivity index (χ0n) is 10.8. The highest BCUT2D eigenvalue weighted by Crippen LogP contribution is 2.19. The van der Waals surface area contributed by atoms with Gasteiger partial charge in [-0.05, 0) is 26.7 Å². The van der Waals surface area contributed by atoms with E-state index in [0.29, 0.717) is 26.4 Å². The topological polar surface area (TPSA) is 71.0 Å². The van der Waals surface area contributed by atoms with Crippen LogP contribution < -0.4 is 5.32 Å². The minimum atomic E-state index is -0.538. The lowest BCUT2D eigenvalue weighted by atomic mass is 9.91.